The van der Waals surface area contributed by atoms with Crippen LogP contribution in [0, 0.1) is 6.92 Å². The fourth-order valence-electron chi connectivity index (χ4n) is 2.26. The molecule has 1 aromatic carbocycles. The summed E-state index contributed by atoms with van der Waals surface area (Å²) in [6.45, 7) is 1.63. The topological polar surface area (TPSA) is 115 Å². The molecule has 0 bridgehead atoms. The Labute approximate surface area is 151 Å². The number of aliphatic carboxylic acids is 1. The van der Waals surface area contributed by atoms with Crippen molar-refractivity contribution in [1.29, 1.82) is 0 Å². The molecule has 1 atom stereocenters. The zero-order chi connectivity index (χ0) is 20.0. The zero-order valence-corrected chi connectivity index (χ0v) is 14.1. The lowest BCUT2D eigenvalue weighted by Crippen LogP contribution is -2.30. The molecule has 0 fully saturated rings. The molecule has 1 unspecified atom stereocenters. The minimum atomic E-state index is -4.83. The first-order valence-corrected chi connectivity index (χ1v) is 7.78. The molecule has 1 heterocycles. The highest BCUT2D eigenvalue weighted by molar-refractivity contribution is 5.77. The zero-order valence-electron chi connectivity index (χ0n) is 14.1. The van der Waals surface area contributed by atoms with Crippen molar-refractivity contribution in [2.24, 2.45) is 0 Å². The standard InChI is InChI=1S/C16H16F3N3O5/c1-9-20-14(27-22-9)7-6-13(23)21-12(8-15(24)25)10-2-4-11(5-3-10)26-16(17,18)19/h2-5,12H,6-8H2,1H3,(H,21,23)(H,24,25). The molecular formula is C16H16F3N3O5. The lowest BCUT2D eigenvalue weighted by atomic mass is 10.0. The van der Waals surface area contributed by atoms with Crippen molar-refractivity contribution < 1.29 is 37.1 Å². The van der Waals surface area contributed by atoms with E-state index in [0.29, 0.717) is 11.4 Å². The van der Waals surface area contributed by atoms with Crippen molar-refractivity contribution in [1.82, 2.24) is 15.5 Å². The quantitative estimate of drug-likeness (QED) is 0.715. The molecule has 1 amide bonds. The number of carboxylic acid groups (broad SMARTS) is 1. The molecule has 0 aliphatic carbocycles. The van der Waals surface area contributed by atoms with E-state index in [-0.39, 0.29) is 18.7 Å². The van der Waals surface area contributed by atoms with Crippen LogP contribution in [0.25, 0.3) is 0 Å². The van der Waals surface area contributed by atoms with Crippen molar-refractivity contribution in [3.63, 3.8) is 0 Å². The van der Waals surface area contributed by atoms with Gasteiger partial charge in [0.2, 0.25) is 11.8 Å². The summed E-state index contributed by atoms with van der Waals surface area (Å²) in [6, 6.07) is 3.70. The van der Waals surface area contributed by atoms with E-state index in [1.165, 1.54) is 12.1 Å². The summed E-state index contributed by atoms with van der Waals surface area (Å²) in [5.41, 5.74) is 0.328. The molecule has 0 radical (unpaired) electrons. The number of hydrogen-bond donors (Lipinski definition) is 2. The van der Waals surface area contributed by atoms with Gasteiger partial charge in [0.05, 0.1) is 12.5 Å². The summed E-state index contributed by atoms with van der Waals surface area (Å²) in [7, 11) is 0. The maximum atomic E-state index is 12.2. The van der Waals surface area contributed by atoms with Crippen LogP contribution in [0.5, 0.6) is 5.75 Å². The Balaban J connectivity index is 2.01. The summed E-state index contributed by atoms with van der Waals surface area (Å²) in [6.07, 6.45) is -5.12. The van der Waals surface area contributed by atoms with Gasteiger partial charge in [-0.1, -0.05) is 17.3 Å². The van der Waals surface area contributed by atoms with Crippen LogP contribution < -0.4 is 10.1 Å². The minimum Gasteiger partial charge on any atom is -0.481 e. The number of halogens is 3. The SMILES string of the molecule is Cc1noc(CCC(=O)NC(CC(=O)O)c2ccc(OC(F)(F)F)cc2)n1. The molecular weight excluding hydrogens is 371 g/mol. The highest BCUT2D eigenvalue weighted by Crippen LogP contribution is 2.25. The molecule has 0 saturated carbocycles. The number of alkyl halides is 3. The maximum Gasteiger partial charge on any atom is 0.573 e. The molecule has 0 aliphatic heterocycles. The van der Waals surface area contributed by atoms with Crippen LogP contribution in [0.1, 0.15) is 36.2 Å². The van der Waals surface area contributed by atoms with E-state index in [1.807, 2.05) is 0 Å². The number of rotatable bonds is 8. The number of benzene rings is 1. The predicted molar refractivity (Wildman–Crippen MR) is 83.6 cm³/mol. The number of nitrogens with zero attached hydrogens (tertiary/aromatic N) is 2. The van der Waals surface area contributed by atoms with E-state index in [2.05, 4.69) is 20.2 Å². The summed E-state index contributed by atoms with van der Waals surface area (Å²) in [5.74, 6) is -1.39. The van der Waals surface area contributed by atoms with Gasteiger partial charge in [-0.25, -0.2) is 0 Å². The highest BCUT2D eigenvalue weighted by Gasteiger charge is 2.31. The predicted octanol–water partition coefficient (Wildman–Crippen LogP) is 2.54. The molecule has 11 heteroatoms. The van der Waals surface area contributed by atoms with E-state index >= 15 is 0 Å². The first kappa shape index (κ1) is 20.2. The maximum absolute atomic E-state index is 12.2. The average molecular weight is 387 g/mol. The van der Waals surface area contributed by atoms with Gasteiger partial charge >= 0.3 is 12.3 Å². The van der Waals surface area contributed by atoms with Crippen LogP contribution >= 0.6 is 0 Å². The number of hydrogen-bond acceptors (Lipinski definition) is 6. The molecule has 146 valence electrons. The number of ether oxygens (including phenoxy) is 1. The van der Waals surface area contributed by atoms with Gasteiger partial charge in [0.15, 0.2) is 5.82 Å². The number of aromatic nitrogens is 2. The van der Waals surface area contributed by atoms with Gasteiger partial charge in [-0.3, -0.25) is 9.59 Å². The van der Waals surface area contributed by atoms with Crippen molar-refractivity contribution >= 4 is 11.9 Å². The molecule has 8 nitrogen and oxygen atoms in total. The monoisotopic (exact) mass is 387 g/mol. The largest absolute Gasteiger partial charge is 0.573 e. The Bertz CT molecular complexity index is 789. The Morgan fingerprint density at radius 1 is 1.30 bits per heavy atom. The number of carbonyl (C=O) groups excluding carboxylic acids is 1. The summed E-state index contributed by atoms with van der Waals surface area (Å²) < 4.78 is 45.2. The molecule has 1 aromatic heterocycles. The molecule has 2 aromatic rings. The highest BCUT2D eigenvalue weighted by atomic mass is 19.4. The number of nitrogens with one attached hydrogen (secondary N) is 1. The minimum absolute atomic E-state index is 0.0208. The van der Waals surface area contributed by atoms with Crippen LogP contribution in [-0.4, -0.2) is 33.5 Å². The van der Waals surface area contributed by atoms with E-state index < -0.39 is 36.5 Å². The third-order valence-electron chi connectivity index (χ3n) is 3.37. The van der Waals surface area contributed by atoms with E-state index in [9.17, 15) is 22.8 Å². The van der Waals surface area contributed by atoms with Gasteiger partial charge in [0.1, 0.15) is 5.75 Å². The lowest BCUT2D eigenvalue weighted by Gasteiger charge is -2.18. The fraction of sp³-hybridized carbons (Fsp3) is 0.375. The van der Waals surface area contributed by atoms with Crippen molar-refractivity contribution in [2.75, 3.05) is 0 Å². The van der Waals surface area contributed by atoms with Crippen molar-refractivity contribution in [3.05, 3.63) is 41.5 Å². The van der Waals surface area contributed by atoms with Crippen LogP contribution in [0.3, 0.4) is 0 Å². The first-order valence-electron chi connectivity index (χ1n) is 7.78. The summed E-state index contributed by atoms with van der Waals surface area (Å²) in [4.78, 5) is 27.1. The van der Waals surface area contributed by atoms with Crippen LogP contribution in [0.15, 0.2) is 28.8 Å². The molecule has 0 spiro atoms. The first-order chi connectivity index (χ1) is 12.6. The van der Waals surface area contributed by atoms with Crippen molar-refractivity contribution in [3.8, 4) is 5.75 Å². The van der Waals surface area contributed by atoms with Crippen LogP contribution in [-0.2, 0) is 16.0 Å². The third kappa shape index (κ3) is 6.96. The molecule has 27 heavy (non-hydrogen) atoms. The lowest BCUT2D eigenvalue weighted by molar-refractivity contribution is -0.274. The molecule has 2 N–H and O–H groups in total. The number of carboxylic acids is 1. The molecule has 0 saturated heterocycles. The summed E-state index contributed by atoms with van der Waals surface area (Å²) >= 11 is 0. The van der Waals surface area contributed by atoms with Gasteiger partial charge in [-0.05, 0) is 24.6 Å². The Morgan fingerprint density at radius 2 is 1.96 bits per heavy atom. The van der Waals surface area contributed by atoms with E-state index in [0.717, 1.165) is 12.1 Å². The van der Waals surface area contributed by atoms with Crippen LogP contribution in [0.4, 0.5) is 13.2 Å². The normalized spacial score (nSPS) is 12.4. The second-order valence-electron chi connectivity index (χ2n) is 5.57. The van der Waals surface area contributed by atoms with Gasteiger partial charge in [-0.2, -0.15) is 4.98 Å². The molecule has 2 rings (SSSR count). The van der Waals surface area contributed by atoms with Crippen molar-refractivity contribution in [2.45, 2.75) is 38.6 Å². The second kappa shape index (κ2) is 8.52. The smallest absolute Gasteiger partial charge is 0.481 e. The van der Waals surface area contributed by atoms with E-state index in [4.69, 9.17) is 9.63 Å². The van der Waals surface area contributed by atoms with Crippen LogP contribution in [0.2, 0.25) is 0 Å². The number of amides is 1. The van der Waals surface area contributed by atoms with Gasteiger partial charge in [-0.15, -0.1) is 13.2 Å². The van der Waals surface area contributed by atoms with Gasteiger partial charge < -0.3 is 19.7 Å². The average Bonchev–Trinajstić information content (AvgIpc) is 2.97. The second-order valence-corrected chi connectivity index (χ2v) is 5.57. The fourth-order valence-corrected chi connectivity index (χ4v) is 2.26. The number of carbonyl (C=O) groups is 2. The van der Waals surface area contributed by atoms with Gasteiger partial charge in [0.25, 0.3) is 0 Å². The van der Waals surface area contributed by atoms with Gasteiger partial charge in [0, 0.05) is 12.8 Å². The number of aryl methyl sites for hydroxylation is 2. The Hall–Kier alpha value is -3.11. The molecule has 0 aliphatic rings. The Morgan fingerprint density at radius 3 is 2.48 bits per heavy atom. The third-order valence-corrected chi connectivity index (χ3v) is 3.37. The Kier molecular flexibility index (Phi) is 6.37. The van der Waals surface area contributed by atoms with E-state index in [1.54, 1.807) is 6.92 Å². The summed E-state index contributed by atoms with van der Waals surface area (Å²) in [5, 5.41) is 15.1.